The molecule has 0 spiro atoms. The van der Waals surface area contributed by atoms with Crippen LogP contribution in [0.3, 0.4) is 0 Å². The summed E-state index contributed by atoms with van der Waals surface area (Å²) in [5.41, 5.74) is 1.62. The van der Waals surface area contributed by atoms with E-state index in [1.165, 1.54) is 25.7 Å². The highest BCUT2D eigenvalue weighted by molar-refractivity contribution is 5.84. The highest BCUT2D eigenvalue weighted by Crippen LogP contribution is 2.36. The van der Waals surface area contributed by atoms with Crippen LogP contribution in [-0.4, -0.2) is 29.2 Å². The zero-order valence-corrected chi connectivity index (χ0v) is 11.2. The third-order valence-electron chi connectivity index (χ3n) is 4.01. The topological polar surface area (TPSA) is 38.1 Å². The third-order valence-corrected chi connectivity index (χ3v) is 4.01. The standard InChI is InChI=1S/C14H21N3O/c1-10-13(9-18)14(16(2)15-10)17(7-11-3-4-11)8-12-5-6-12/h9,11-12H,3-8H2,1-2H3. The second-order valence-electron chi connectivity index (χ2n) is 5.86. The van der Waals surface area contributed by atoms with Gasteiger partial charge in [-0.05, 0) is 44.4 Å². The molecule has 98 valence electrons. The average Bonchev–Trinajstić information content (AvgIpc) is 3.20. The van der Waals surface area contributed by atoms with Crippen LogP contribution in [0.1, 0.15) is 41.7 Å². The molecule has 2 saturated carbocycles. The monoisotopic (exact) mass is 247 g/mol. The third kappa shape index (κ3) is 2.28. The number of aryl methyl sites for hydroxylation is 2. The van der Waals surface area contributed by atoms with Crippen molar-refractivity contribution in [2.24, 2.45) is 18.9 Å². The summed E-state index contributed by atoms with van der Waals surface area (Å²) in [7, 11) is 1.95. The highest BCUT2D eigenvalue weighted by Gasteiger charge is 2.31. The van der Waals surface area contributed by atoms with Crippen LogP contribution in [0.5, 0.6) is 0 Å². The molecule has 1 aromatic heterocycles. The summed E-state index contributed by atoms with van der Waals surface area (Å²) in [5.74, 6) is 2.69. The van der Waals surface area contributed by atoms with Gasteiger partial charge in [-0.25, -0.2) is 0 Å². The number of rotatable bonds is 6. The molecule has 0 bridgehead atoms. The summed E-state index contributed by atoms with van der Waals surface area (Å²) in [6.45, 7) is 4.10. The molecule has 2 aliphatic carbocycles. The molecule has 1 aromatic rings. The van der Waals surface area contributed by atoms with Gasteiger partial charge in [0.25, 0.3) is 0 Å². The summed E-state index contributed by atoms with van der Waals surface area (Å²) in [6, 6.07) is 0. The lowest BCUT2D eigenvalue weighted by Crippen LogP contribution is -2.30. The molecule has 0 aromatic carbocycles. The fourth-order valence-corrected chi connectivity index (χ4v) is 2.65. The number of carbonyl (C=O) groups excluding carboxylic acids is 1. The van der Waals surface area contributed by atoms with Crippen molar-refractivity contribution in [3.8, 4) is 0 Å². The van der Waals surface area contributed by atoms with E-state index in [0.29, 0.717) is 0 Å². The highest BCUT2D eigenvalue weighted by atomic mass is 16.1. The molecule has 4 heteroatoms. The first-order valence-corrected chi connectivity index (χ1v) is 6.92. The molecule has 3 rings (SSSR count). The Balaban J connectivity index is 1.88. The van der Waals surface area contributed by atoms with E-state index in [2.05, 4.69) is 10.00 Å². The maximum Gasteiger partial charge on any atom is 0.155 e. The maximum atomic E-state index is 11.3. The molecule has 1 heterocycles. The van der Waals surface area contributed by atoms with Gasteiger partial charge >= 0.3 is 0 Å². The van der Waals surface area contributed by atoms with Crippen molar-refractivity contribution in [2.75, 3.05) is 18.0 Å². The number of nitrogens with zero attached hydrogens (tertiary/aromatic N) is 3. The SMILES string of the molecule is Cc1nn(C)c(N(CC2CC2)CC2CC2)c1C=O. The molecule has 0 N–H and O–H groups in total. The summed E-state index contributed by atoms with van der Waals surface area (Å²) < 4.78 is 1.88. The number of hydrogen-bond donors (Lipinski definition) is 0. The van der Waals surface area contributed by atoms with Crippen LogP contribution >= 0.6 is 0 Å². The molecule has 2 fully saturated rings. The van der Waals surface area contributed by atoms with Crippen LogP contribution in [0.15, 0.2) is 0 Å². The van der Waals surface area contributed by atoms with Crippen molar-refractivity contribution in [1.82, 2.24) is 9.78 Å². The normalized spacial score (nSPS) is 19.0. The van der Waals surface area contributed by atoms with Crippen LogP contribution in [0.4, 0.5) is 5.82 Å². The van der Waals surface area contributed by atoms with E-state index in [1.54, 1.807) is 0 Å². The lowest BCUT2D eigenvalue weighted by atomic mass is 10.2. The first-order valence-electron chi connectivity index (χ1n) is 6.92. The van der Waals surface area contributed by atoms with Crippen LogP contribution in [0, 0.1) is 18.8 Å². The van der Waals surface area contributed by atoms with Gasteiger partial charge < -0.3 is 4.90 Å². The van der Waals surface area contributed by atoms with Crippen molar-refractivity contribution < 1.29 is 4.79 Å². The lowest BCUT2D eigenvalue weighted by Gasteiger charge is -2.25. The first kappa shape index (κ1) is 11.8. The fraction of sp³-hybridized carbons (Fsp3) is 0.714. The van der Waals surface area contributed by atoms with Gasteiger partial charge in [0.15, 0.2) is 6.29 Å². The average molecular weight is 247 g/mol. The molecule has 0 atom stereocenters. The van der Waals surface area contributed by atoms with E-state index in [1.807, 2.05) is 18.7 Å². The minimum Gasteiger partial charge on any atom is -0.356 e. The van der Waals surface area contributed by atoms with Gasteiger partial charge in [0.2, 0.25) is 0 Å². The Kier molecular flexibility index (Phi) is 2.88. The van der Waals surface area contributed by atoms with Crippen LogP contribution in [-0.2, 0) is 7.05 Å². The van der Waals surface area contributed by atoms with E-state index in [9.17, 15) is 4.79 Å². The molecule has 0 amide bonds. The lowest BCUT2D eigenvalue weighted by molar-refractivity contribution is 0.112. The Labute approximate surface area is 108 Å². The minimum atomic E-state index is 0.777. The van der Waals surface area contributed by atoms with E-state index < -0.39 is 0 Å². The molecule has 18 heavy (non-hydrogen) atoms. The minimum absolute atomic E-state index is 0.777. The number of carbonyl (C=O) groups is 1. The molecular formula is C14H21N3O. The molecule has 0 aliphatic heterocycles. The Morgan fingerprint density at radius 1 is 1.28 bits per heavy atom. The zero-order chi connectivity index (χ0) is 12.7. The van der Waals surface area contributed by atoms with Gasteiger partial charge in [0.05, 0.1) is 11.3 Å². The second kappa shape index (κ2) is 4.41. The van der Waals surface area contributed by atoms with Gasteiger partial charge in [-0.1, -0.05) is 0 Å². The molecule has 4 nitrogen and oxygen atoms in total. The van der Waals surface area contributed by atoms with Gasteiger partial charge in [0.1, 0.15) is 5.82 Å². The molecule has 0 unspecified atom stereocenters. The molecule has 0 radical (unpaired) electrons. The Morgan fingerprint density at radius 2 is 1.83 bits per heavy atom. The van der Waals surface area contributed by atoms with Crippen LogP contribution in [0.2, 0.25) is 0 Å². The summed E-state index contributed by atoms with van der Waals surface area (Å²) in [6.07, 6.45) is 6.33. The molecule has 2 aliphatic rings. The zero-order valence-electron chi connectivity index (χ0n) is 11.2. The number of anilines is 1. The fourth-order valence-electron chi connectivity index (χ4n) is 2.65. The Morgan fingerprint density at radius 3 is 2.28 bits per heavy atom. The summed E-state index contributed by atoms with van der Waals surface area (Å²) in [4.78, 5) is 13.7. The predicted molar refractivity (Wildman–Crippen MR) is 71.0 cm³/mol. The smallest absolute Gasteiger partial charge is 0.155 e. The van der Waals surface area contributed by atoms with Crippen molar-refractivity contribution in [3.05, 3.63) is 11.3 Å². The maximum absolute atomic E-state index is 11.3. The Hall–Kier alpha value is -1.32. The summed E-state index contributed by atoms with van der Waals surface area (Å²) in [5, 5.41) is 4.40. The molecular weight excluding hydrogens is 226 g/mol. The largest absolute Gasteiger partial charge is 0.356 e. The number of hydrogen-bond acceptors (Lipinski definition) is 3. The van der Waals surface area contributed by atoms with Crippen molar-refractivity contribution in [3.63, 3.8) is 0 Å². The van der Waals surface area contributed by atoms with Crippen LogP contribution in [0.25, 0.3) is 0 Å². The van der Waals surface area contributed by atoms with Gasteiger partial charge in [-0.2, -0.15) is 5.10 Å². The predicted octanol–water partition coefficient (Wildman–Crippen LogP) is 2.17. The van der Waals surface area contributed by atoms with Crippen molar-refractivity contribution in [1.29, 1.82) is 0 Å². The second-order valence-corrected chi connectivity index (χ2v) is 5.86. The first-order chi connectivity index (χ1) is 8.69. The van der Waals surface area contributed by atoms with E-state index in [4.69, 9.17) is 0 Å². The van der Waals surface area contributed by atoms with Gasteiger partial charge in [-0.3, -0.25) is 9.48 Å². The Bertz CT molecular complexity index is 444. The van der Waals surface area contributed by atoms with E-state index in [-0.39, 0.29) is 0 Å². The number of aldehydes is 1. The van der Waals surface area contributed by atoms with Crippen molar-refractivity contribution in [2.45, 2.75) is 32.6 Å². The summed E-state index contributed by atoms with van der Waals surface area (Å²) >= 11 is 0. The van der Waals surface area contributed by atoms with Gasteiger partial charge in [-0.15, -0.1) is 0 Å². The van der Waals surface area contributed by atoms with Crippen molar-refractivity contribution >= 4 is 12.1 Å². The van der Waals surface area contributed by atoms with Crippen LogP contribution < -0.4 is 4.90 Å². The van der Waals surface area contributed by atoms with E-state index >= 15 is 0 Å². The number of aromatic nitrogens is 2. The molecule has 0 saturated heterocycles. The quantitative estimate of drug-likeness (QED) is 0.723. The van der Waals surface area contributed by atoms with Gasteiger partial charge in [0, 0.05) is 20.1 Å². The van der Waals surface area contributed by atoms with E-state index in [0.717, 1.165) is 48.3 Å².